The van der Waals surface area contributed by atoms with Crippen molar-refractivity contribution < 1.29 is 14.6 Å². The van der Waals surface area contributed by atoms with Crippen LogP contribution in [0.4, 0.5) is 0 Å². The second-order valence-corrected chi connectivity index (χ2v) is 6.32. The molecular formula is C17H33NO3. The first-order chi connectivity index (χ1) is 10.1. The first kappa shape index (κ1) is 18.4. The highest BCUT2D eigenvalue weighted by Crippen LogP contribution is 2.32. The second kappa shape index (κ2) is 10.2. The molecule has 124 valence electrons. The van der Waals surface area contributed by atoms with Crippen molar-refractivity contribution in [3.8, 4) is 0 Å². The van der Waals surface area contributed by atoms with Gasteiger partial charge >= 0.3 is 5.97 Å². The number of carboxylic acids is 1. The summed E-state index contributed by atoms with van der Waals surface area (Å²) in [4.78, 5) is 11.5. The van der Waals surface area contributed by atoms with Gasteiger partial charge in [-0.1, -0.05) is 46.0 Å². The standard InChI is InChI=1S/C17H33NO3/c1-3-5-6-7-8-9-13-21-15-10-11-17(14-15,16(19)20)18-12-4-2/h15,18H,3-14H2,1-2H3,(H,19,20). The monoisotopic (exact) mass is 299 g/mol. The Morgan fingerprint density at radius 1 is 1.19 bits per heavy atom. The van der Waals surface area contributed by atoms with Crippen molar-refractivity contribution in [1.82, 2.24) is 5.32 Å². The Bertz CT molecular complexity index is 296. The Morgan fingerprint density at radius 2 is 1.90 bits per heavy atom. The molecule has 0 heterocycles. The van der Waals surface area contributed by atoms with E-state index in [4.69, 9.17) is 4.74 Å². The van der Waals surface area contributed by atoms with E-state index in [2.05, 4.69) is 19.2 Å². The Labute approximate surface area is 129 Å². The van der Waals surface area contributed by atoms with E-state index in [0.29, 0.717) is 12.8 Å². The predicted molar refractivity (Wildman–Crippen MR) is 85.6 cm³/mol. The summed E-state index contributed by atoms with van der Waals surface area (Å²) >= 11 is 0. The molecule has 0 bridgehead atoms. The van der Waals surface area contributed by atoms with Gasteiger partial charge in [-0.15, -0.1) is 0 Å². The van der Waals surface area contributed by atoms with Crippen LogP contribution in [-0.2, 0) is 9.53 Å². The van der Waals surface area contributed by atoms with Crippen LogP contribution in [0.3, 0.4) is 0 Å². The molecule has 0 aromatic rings. The smallest absolute Gasteiger partial charge is 0.323 e. The predicted octanol–water partition coefficient (Wildman–Crippen LogP) is 3.74. The van der Waals surface area contributed by atoms with Crippen molar-refractivity contribution >= 4 is 5.97 Å². The van der Waals surface area contributed by atoms with Crippen LogP contribution < -0.4 is 5.32 Å². The van der Waals surface area contributed by atoms with Crippen molar-refractivity contribution in [3.63, 3.8) is 0 Å². The van der Waals surface area contributed by atoms with E-state index >= 15 is 0 Å². The van der Waals surface area contributed by atoms with E-state index < -0.39 is 11.5 Å². The zero-order chi connectivity index (χ0) is 15.6. The lowest BCUT2D eigenvalue weighted by Gasteiger charge is -2.25. The summed E-state index contributed by atoms with van der Waals surface area (Å²) in [6.45, 7) is 5.82. The van der Waals surface area contributed by atoms with Gasteiger partial charge in [-0.2, -0.15) is 0 Å². The van der Waals surface area contributed by atoms with Crippen LogP contribution in [0.5, 0.6) is 0 Å². The third-order valence-electron chi connectivity index (χ3n) is 4.44. The highest BCUT2D eigenvalue weighted by atomic mass is 16.5. The molecule has 0 aromatic carbocycles. The SMILES string of the molecule is CCCCCCCCOC1CCC(NCCC)(C(=O)O)C1. The van der Waals surface area contributed by atoms with E-state index in [9.17, 15) is 9.90 Å². The lowest BCUT2D eigenvalue weighted by atomic mass is 9.97. The van der Waals surface area contributed by atoms with E-state index in [-0.39, 0.29) is 6.10 Å². The molecule has 1 rings (SSSR count). The summed E-state index contributed by atoms with van der Waals surface area (Å²) in [5, 5.41) is 12.7. The number of aliphatic carboxylic acids is 1. The summed E-state index contributed by atoms with van der Waals surface area (Å²) < 4.78 is 5.89. The summed E-state index contributed by atoms with van der Waals surface area (Å²) in [7, 11) is 0. The van der Waals surface area contributed by atoms with E-state index in [1.54, 1.807) is 0 Å². The van der Waals surface area contributed by atoms with Gasteiger partial charge in [-0.25, -0.2) is 0 Å². The van der Waals surface area contributed by atoms with Crippen LogP contribution in [0.1, 0.15) is 78.1 Å². The number of nitrogens with one attached hydrogen (secondary N) is 1. The minimum Gasteiger partial charge on any atom is -0.480 e. The van der Waals surface area contributed by atoms with Gasteiger partial charge in [-0.3, -0.25) is 4.79 Å². The van der Waals surface area contributed by atoms with Gasteiger partial charge in [0.1, 0.15) is 5.54 Å². The third kappa shape index (κ3) is 6.35. The fourth-order valence-corrected chi connectivity index (χ4v) is 3.07. The van der Waals surface area contributed by atoms with Gasteiger partial charge in [0.05, 0.1) is 6.10 Å². The molecule has 1 fully saturated rings. The van der Waals surface area contributed by atoms with Crippen LogP contribution in [0.2, 0.25) is 0 Å². The molecule has 1 aliphatic rings. The maximum absolute atomic E-state index is 11.5. The van der Waals surface area contributed by atoms with Gasteiger partial charge in [0.15, 0.2) is 0 Å². The minimum atomic E-state index is -0.748. The number of carboxylic acid groups (broad SMARTS) is 1. The average Bonchev–Trinajstić information content (AvgIpc) is 2.89. The molecule has 0 amide bonds. The Morgan fingerprint density at radius 3 is 2.57 bits per heavy atom. The first-order valence-corrected chi connectivity index (χ1v) is 8.74. The molecule has 1 saturated carbocycles. The zero-order valence-corrected chi connectivity index (χ0v) is 13.8. The number of ether oxygens (including phenoxy) is 1. The Kier molecular flexibility index (Phi) is 8.93. The molecule has 0 aliphatic heterocycles. The van der Waals surface area contributed by atoms with Crippen molar-refractivity contribution in [2.75, 3.05) is 13.2 Å². The molecule has 2 unspecified atom stereocenters. The number of hydrogen-bond acceptors (Lipinski definition) is 3. The van der Waals surface area contributed by atoms with Crippen molar-refractivity contribution in [1.29, 1.82) is 0 Å². The first-order valence-electron chi connectivity index (χ1n) is 8.74. The molecule has 4 nitrogen and oxygen atoms in total. The summed E-state index contributed by atoms with van der Waals surface area (Å²) in [5.74, 6) is -0.721. The Balaban J connectivity index is 2.19. The normalized spacial score (nSPS) is 25.3. The maximum atomic E-state index is 11.5. The largest absolute Gasteiger partial charge is 0.480 e. The quantitative estimate of drug-likeness (QED) is 0.539. The maximum Gasteiger partial charge on any atom is 0.323 e. The molecule has 2 N–H and O–H groups in total. The van der Waals surface area contributed by atoms with E-state index in [1.165, 1.54) is 32.1 Å². The second-order valence-electron chi connectivity index (χ2n) is 6.32. The molecule has 2 atom stereocenters. The van der Waals surface area contributed by atoms with Crippen LogP contribution in [0.25, 0.3) is 0 Å². The van der Waals surface area contributed by atoms with Crippen molar-refractivity contribution in [2.24, 2.45) is 0 Å². The molecule has 0 radical (unpaired) electrons. The molecule has 1 aliphatic carbocycles. The van der Waals surface area contributed by atoms with Crippen LogP contribution >= 0.6 is 0 Å². The summed E-state index contributed by atoms with van der Waals surface area (Å²) in [6, 6.07) is 0. The van der Waals surface area contributed by atoms with Gasteiger partial charge in [0, 0.05) is 13.0 Å². The number of carbonyl (C=O) groups is 1. The van der Waals surface area contributed by atoms with Crippen molar-refractivity contribution in [3.05, 3.63) is 0 Å². The highest BCUT2D eigenvalue weighted by molar-refractivity contribution is 5.79. The molecular weight excluding hydrogens is 266 g/mol. The average molecular weight is 299 g/mol. The number of rotatable bonds is 12. The fraction of sp³-hybridized carbons (Fsp3) is 0.941. The molecule has 0 aromatic heterocycles. The van der Waals surface area contributed by atoms with Crippen LogP contribution in [-0.4, -0.2) is 35.9 Å². The van der Waals surface area contributed by atoms with Gasteiger partial charge in [0.2, 0.25) is 0 Å². The number of hydrogen-bond donors (Lipinski definition) is 2. The van der Waals surface area contributed by atoms with Crippen molar-refractivity contribution in [2.45, 2.75) is 89.7 Å². The lowest BCUT2D eigenvalue weighted by molar-refractivity contribution is -0.145. The van der Waals surface area contributed by atoms with Crippen LogP contribution in [0, 0.1) is 0 Å². The van der Waals surface area contributed by atoms with Gasteiger partial charge in [-0.05, 0) is 32.2 Å². The topological polar surface area (TPSA) is 58.6 Å². The van der Waals surface area contributed by atoms with E-state index in [0.717, 1.165) is 32.4 Å². The van der Waals surface area contributed by atoms with Gasteiger partial charge in [0.25, 0.3) is 0 Å². The van der Waals surface area contributed by atoms with Crippen LogP contribution in [0.15, 0.2) is 0 Å². The lowest BCUT2D eigenvalue weighted by Crippen LogP contribution is -2.50. The molecule has 0 saturated heterocycles. The van der Waals surface area contributed by atoms with Gasteiger partial charge < -0.3 is 15.2 Å². The number of unbranched alkanes of at least 4 members (excludes halogenated alkanes) is 5. The molecule has 4 heteroatoms. The summed E-state index contributed by atoms with van der Waals surface area (Å²) in [5.41, 5.74) is -0.748. The van der Waals surface area contributed by atoms with E-state index in [1.807, 2.05) is 0 Å². The fourth-order valence-electron chi connectivity index (χ4n) is 3.07. The highest BCUT2D eigenvalue weighted by Gasteiger charge is 2.45. The molecule has 21 heavy (non-hydrogen) atoms. The summed E-state index contributed by atoms with van der Waals surface area (Å²) in [6.07, 6.45) is 10.8. The zero-order valence-electron chi connectivity index (χ0n) is 13.8. The minimum absolute atomic E-state index is 0.112. The third-order valence-corrected chi connectivity index (χ3v) is 4.44. The molecule has 0 spiro atoms. The Hall–Kier alpha value is -0.610.